The van der Waals surface area contributed by atoms with Crippen molar-refractivity contribution in [3.63, 3.8) is 0 Å². The van der Waals surface area contributed by atoms with Crippen LogP contribution in [-0.2, 0) is 27.2 Å². The molecule has 4 nitrogen and oxygen atoms in total. The molecule has 4 aromatic carbocycles. The van der Waals surface area contributed by atoms with Gasteiger partial charge in [0.05, 0.1) is 7.05 Å². The van der Waals surface area contributed by atoms with Crippen molar-refractivity contribution in [2.45, 2.75) is 20.8 Å². The largest absolute Gasteiger partial charge is 3.00 e. The molecule has 0 atom stereocenters. The zero-order chi connectivity index (χ0) is 27.4. The summed E-state index contributed by atoms with van der Waals surface area (Å²) >= 11 is 0. The number of benzene rings is 4. The van der Waals surface area contributed by atoms with E-state index in [1.54, 1.807) is 0 Å². The average molecular weight is 709 g/mol. The van der Waals surface area contributed by atoms with Crippen molar-refractivity contribution in [2.75, 3.05) is 0 Å². The molecule has 0 saturated heterocycles. The van der Waals surface area contributed by atoms with Gasteiger partial charge in [-0.15, -0.1) is 40.8 Å². The van der Waals surface area contributed by atoms with E-state index in [1.165, 1.54) is 54.8 Å². The molecular weight excluding hydrogens is 681 g/mol. The van der Waals surface area contributed by atoms with E-state index in [0.717, 1.165) is 16.9 Å². The summed E-state index contributed by atoms with van der Waals surface area (Å²) in [5.74, 6) is 0. The van der Waals surface area contributed by atoms with E-state index in [2.05, 4.69) is 121 Å². The minimum atomic E-state index is 0. The molecule has 0 aliphatic rings. The molecule has 5 heteroatoms. The SMILES string of the molecule is C[n+]1[c-]n(-c2[c-]cc3c(c2)c2cccc4c5ccccc5n3c24)cc1.Cc1c[c-]c(-c2cc(C)c(C)cn2)cc1.[Ir+3]. The first-order valence-corrected chi connectivity index (χ1v) is 13.5. The van der Waals surface area contributed by atoms with E-state index in [9.17, 15) is 0 Å². The molecule has 8 rings (SSSR count). The van der Waals surface area contributed by atoms with E-state index in [1.807, 2.05) is 40.8 Å². The van der Waals surface area contributed by atoms with Crippen molar-refractivity contribution in [1.82, 2.24) is 14.0 Å². The van der Waals surface area contributed by atoms with E-state index in [4.69, 9.17) is 0 Å². The topological polar surface area (TPSA) is 26.1 Å². The van der Waals surface area contributed by atoms with Crippen LogP contribution in [0.1, 0.15) is 16.7 Å². The number of nitrogens with zero attached hydrogens (tertiary/aromatic N) is 4. The molecule has 200 valence electrons. The van der Waals surface area contributed by atoms with Crippen LogP contribution in [0.3, 0.4) is 0 Å². The summed E-state index contributed by atoms with van der Waals surface area (Å²) in [7, 11) is 1.97. The van der Waals surface area contributed by atoms with Gasteiger partial charge in [-0.3, -0.25) is 0 Å². The Bertz CT molecular complexity index is 2150. The van der Waals surface area contributed by atoms with Crippen molar-refractivity contribution >= 4 is 38.1 Å². The zero-order valence-corrected chi connectivity index (χ0v) is 25.8. The number of rotatable bonds is 2. The van der Waals surface area contributed by atoms with Gasteiger partial charge in [-0.2, -0.15) is 18.2 Å². The van der Waals surface area contributed by atoms with Crippen molar-refractivity contribution in [3.8, 4) is 16.9 Å². The van der Waals surface area contributed by atoms with Crippen LogP contribution in [0.2, 0.25) is 0 Å². The predicted octanol–water partition coefficient (Wildman–Crippen LogP) is 7.52. The van der Waals surface area contributed by atoms with Crippen LogP contribution < -0.4 is 4.57 Å². The van der Waals surface area contributed by atoms with Crippen LogP contribution in [0.15, 0.2) is 97.5 Å². The second-order valence-electron chi connectivity index (χ2n) is 10.5. The molecule has 4 heterocycles. The second-order valence-corrected chi connectivity index (χ2v) is 10.5. The van der Waals surface area contributed by atoms with Gasteiger partial charge in [0.15, 0.2) is 0 Å². The molecule has 0 saturated carbocycles. The first-order valence-electron chi connectivity index (χ1n) is 13.5. The summed E-state index contributed by atoms with van der Waals surface area (Å²) in [4.78, 5) is 4.41. The van der Waals surface area contributed by atoms with E-state index in [0.29, 0.717) is 0 Å². The van der Waals surface area contributed by atoms with Crippen LogP contribution in [0.25, 0.3) is 55.0 Å². The summed E-state index contributed by atoms with van der Waals surface area (Å²) in [6.45, 7) is 6.24. The molecule has 0 amide bonds. The number of imidazole rings is 1. The standard InChI is InChI=1S/C22H14N3.C14H14N.Ir/c1-23-11-12-24(14-23)15-9-10-21-19(13-15)18-7-4-6-17-16-5-2-3-8-20(16)25(21)22(17)18;1-10-4-6-13(7-5-10)14-8-11(2)12(3)9-15-14;/h2-8,10-13H,1H3;4-6,8-9H,1-3H3;/q2*-1;+3. The summed E-state index contributed by atoms with van der Waals surface area (Å²) in [6, 6.07) is 34.4. The first-order chi connectivity index (χ1) is 19.5. The Morgan fingerprint density at radius 1 is 0.756 bits per heavy atom. The third kappa shape index (κ3) is 4.61. The maximum Gasteiger partial charge on any atom is 3.00 e. The van der Waals surface area contributed by atoms with E-state index in [-0.39, 0.29) is 20.1 Å². The smallest absolute Gasteiger partial charge is 0.363 e. The van der Waals surface area contributed by atoms with Gasteiger partial charge >= 0.3 is 20.1 Å². The Kier molecular flexibility index (Phi) is 6.94. The molecule has 0 spiro atoms. The summed E-state index contributed by atoms with van der Waals surface area (Å²) in [6.07, 6.45) is 9.15. The number of pyridine rings is 1. The number of hydrogen-bond donors (Lipinski definition) is 0. The minimum absolute atomic E-state index is 0. The first kappa shape index (κ1) is 26.9. The van der Waals surface area contributed by atoms with Crippen molar-refractivity contribution in [3.05, 3.63) is 133 Å². The van der Waals surface area contributed by atoms with Gasteiger partial charge in [-0.05, 0) is 36.6 Å². The van der Waals surface area contributed by atoms with Gasteiger partial charge in [0.1, 0.15) is 0 Å². The zero-order valence-electron chi connectivity index (χ0n) is 23.4. The summed E-state index contributed by atoms with van der Waals surface area (Å²) < 4.78 is 6.26. The Morgan fingerprint density at radius 3 is 2.27 bits per heavy atom. The van der Waals surface area contributed by atoms with Gasteiger partial charge in [0, 0.05) is 40.4 Å². The Labute approximate surface area is 253 Å². The molecule has 0 aliphatic carbocycles. The van der Waals surface area contributed by atoms with Crippen LogP contribution in [0.5, 0.6) is 0 Å². The predicted molar refractivity (Wildman–Crippen MR) is 162 cm³/mol. The van der Waals surface area contributed by atoms with Crippen LogP contribution in [-0.4, -0.2) is 14.0 Å². The van der Waals surface area contributed by atoms with Gasteiger partial charge in [0.2, 0.25) is 6.33 Å². The molecule has 0 aliphatic heterocycles. The summed E-state index contributed by atoms with van der Waals surface area (Å²) in [5.41, 5.74) is 10.5. The number of aromatic nitrogens is 4. The maximum atomic E-state index is 4.41. The van der Waals surface area contributed by atoms with Gasteiger partial charge in [0.25, 0.3) is 0 Å². The Hall–Kier alpha value is -4.31. The van der Waals surface area contributed by atoms with E-state index < -0.39 is 0 Å². The molecule has 8 aromatic rings. The van der Waals surface area contributed by atoms with E-state index >= 15 is 0 Å². The van der Waals surface area contributed by atoms with Gasteiger partial charge in [-0.1, -0.05) is 66.2 Å². The van der Waals surface area contributed by atoms with Gasteiger partial charge in [-0.25, -0.2) is 0 Å². The van der Waals surface area contributed by atoms with Crippen molar-refractivity contribution < 1.29 is 24.7 Å². The quantitative estimate of drug-likeness (QED) is 0.135. The molecule has 0 bridgehead atoms. The molecule has 0 N–H and O–H groups in total. The third-order valence-electron chi connectivity index (χ3n) is 7.72. The fourth-order valence-electron chi connectivity index (χ4n) is 5.47. The molecule has 41 heavy (non-hydrogen) atoms. The molecular formula is C36H28IrN4+. The number of aryl methyl sites for hydroxylation is 4. The number of para-hydroxylation sites is 2. The average Bonchev–Trinajstić information content (AvgIpc) is 3.66. The molecule has 4 aromatic heterocycles. The van der Waals surface area contributed by atoms with Gasteiger partial charge < -0.3 is 18.5 Å². The molecule has 0 radical (unpaired) electrons. The number of hydrogen-bond acceptors (Lipinski definition) is 1. The van der Waals surface area contributed by atoms with Crippen LogP contribution >= 0.6 is 0 Å². The number of fused-ring (bicyclic) bond motifs is 6. The third-order valence-corrected chi connectivity index (χ3v) is 7.72. The van der Waals surface area contributed by atoms with Crippen LogP contribution in [0, 0.1) is 39.2 Å². The Balaban J connectivity index is 0.000000164. The normalized spacial score (nSPS) is 11.2. The fourth-order valence-corrected chi connectivity index (χ4v) is 5.47. The fraction of sp³-hybridized carbons (Fsp3) is 0.111. The molecule has 0 unspecified atom stereocenters. The monoisotopic (exact) mass is 709 g/mol. The minimum Gasteiger partial charge on any atom is -0.363 e. The van der Waals surface area contributed by atoms with Crippen LogP contribution in [0.4, 0.5) is 0 Å². The molecule has 0 fully saturated rings. The second kappa shape index (κ2) is 10.6. The maximum absolute atomic E-state index is 4.41. The Morgan fingerprint density at radius 2 is 1.54 bits per heavy atom. The summed E-state index contributed by atoms with van der Waals surface area (Å²) in [5, 5.41) is 5.16. The van der Waals surface area contributed by atoms with Crippen molar-refractivity contribution in [2.24, 2.45) is 7.05 Å². The van der Waals surface area contributed by atoms with Crippen molar-refractivity contribution in [1.29, 1.82) is 0 Å².